The maximum absolute atomic E-state index is 13.2. The first kappa shape index (κ1) is 25.6. The molecular formula is C25H33N3O5S. The van der Waals surface area contributed by atoms with E-state index in [-0.39, 0.29) is 5.91 Å². The highest BCUT2D eigenvalue weighted by atomic mass is 32.2. The summed E-state index contributed by atoms with van der Waals surface area (Å²) in [6.07, 6.45) is 5.19. The molecule has 0 radical (unpaired) electrons. The van der Waals surface area contributed by atoms with Gasteiger partial charge in [0.15, 0.2) is 0 Å². The van der Waals surface area contributed by atoms with Gasteiger partial charge in [-0.25, -0.2) is 8.42 Å². The fourth-order valence-electron chi connectivity index (χ4n) is 4.12. The molecule has 1 fully saturated rings. The second-order valence-electron chi connectivity index (χ2n) is 8.40. The van der Waals surface area contributed by atoms with E-state index in [1.165, 1.54) is 6.92 Å². The first-order chi connectivity index (χ1) is 16.2. The van der Waals surface area contributed by atoms with Gasteiger partial charge in [0.05, 0.1) is 29.8 Å². The van der Waals surface area contributed by atoms with Crippen molar-refractivity contribution in [3.63, 3.8) is 0 Å². The van der Waals surface area contributed by atoms with Crippen LogP contribution in [-0.4, -0.2) is 57.1 Å². The number of hydrogen-bond donors (Lipinski definition) is 1. The van der Waals surface area contributed by atoms with E-state index in [2.05, 4.69) is 5.32 Å². The Hall–Kier alpha value is -3.07. The molecule has 3 rings (SSSR count). The molecule has 1 saturated heterocycles. The summed E-state index contributed by atoms with van der Waals surface area (Å²) >= 11 is 0. The minimum absolute atomic E-state index is 0.128. The molecular weight excluding hydrogens is 454 g/mol. The van der Waals surface area contributed by atoms with Crippen molar-refractivity contribution in [1.29, 1.82) is 0 Å². The molecule has 0 aromatic heterocycles. The van der Waals surface area contributed by atoms with Gasteiger partial charge >= 0.3 is 0 Å². The molecule has 8 nitrogen and oxygen atoms in total. The van der Waals surface area contributed by atoms with E-state index in [0.717, 1.165) is 36.2 Å². The first-order valence-electron chi connectivity index (χ1n) is 11.6. The average Bonchev–Trinajstić information content (AvgIpc) is 3.09. The molecule has 0 spiro atoms. The monoisotopic (exact) mass is 487 g/mol. The van der Waals surface area contributed by atoms with Gasteiger partial charge in [-0.05, 0) is 63.1 Å². The largest absolute Gasteiger partial charge is 0.494 e. The molecule has 0 unspecified atom stereocenters. The van der Waals surface area contributed by atoms with Crippen molar-refractivity contribution in [3.8, 4) is 5.75 Å². The number of ether oxygens (including phenoxy) is 1. The van der Waals surface area contributed by atoms with Crippen LogP contribution in [0.2, 0.25) is 0 Å². The third kappa shape index (κ3) is 6.28. The van der Waals surface area contributed by atoms with Crippen molar-refractivity contribution in [2.45, 2.75) is 45.6 Å². The predicted octanol–water partition coefficient (Wildman–Crippen LogP) is 3.89. The molecule has 0 saturated carbocycles. The molecule has 2 amide bonds. The summed E-state index contributed by atoms with van der Waals surface area (Å²) in [4.78, 5) is 28.2. The van der Waals surface area contributed by atoms with E-state index < -0.39 is 22.0 Å². The van der Waals surface area contributed by atoms with Crippen molar-refractivity contribution in [1.82, 2.24) is 4.90 Å². The van der Waals surface area contributed by atoms with Crippen LogP contribution in [0, 0.1) is 0 Å². The molecule has 0 aliphatic carbocycles. The summed E-state index contributed by atoms with van der Waals surface area (Å²) in [6, 6.07) is 12.3. The molecule has 1 atom stereocenters. The summed E-state index contributed by atoms with van der Waals surface area (Å²) in [5, 5.41) is 2.78. The van der Waals surface area contributed by atoms with Gasteiger partial charge in [-0.2, -0.15) is 0 Å². The second-order valence-corrected chi connectivity index (χ2v) is 10.3. The van der Waals surface area contributed by atoms with Gasteiger partial charge in [-0.15, -0.1) is 0 Å². The van der Waals surface area contributed by atoms with Gasteiger partial charge in [0, 0.05) is 13.1 Å². The number of benzene rings is 2. The number of amides is 2. The van der Waals surface area contributed by atoms with Crippen LogP contribution < -0.4 is 14.4 Å². The molecule has 1 aliphatic rings. The molecule has 1 heterocycles. The number of hydrogen-bond acceptors (Lipinski definition) is 5. The molecule has 2 aromatic carbocycles. The average molecular weight is 488 g/mol. The van der Waals surface area contributed by atoms with Crippen LogP contribution in [0.4, 0.5) is 11.4 Å². The van der Waals surface area contributed by atoms with Gasteiger partial charge in [-0.3, -0.25) is 13.9 Å². The van der Waals surface area contributed by atoms with Gasteiger partial charge in [0.25, 0.3) is 5.91 Å². The Kier molecular flexibility index (Phi) is 8.55. The second kappa shape index (κ2) is 11.4. The van der Waals surface area contributed by atoms with Crippen LogP contribution in [0.25, 0.3) is 0 Å². The molecule has 9 heteroatoms. The Balaban J connectivity index is 1.83. The lowest BCUT2D eigenvalue weighted by molar-refractivity contribution is -0.116. The van der Waals surface area contributed by atoms with E-state index in [1.807, 2.05) is 11.8 Å². The molecule has 1 aliphatic heterocycles. The Bertz CT molecular complexity index is 1090. The lowest BCUT2D eigenvalue weighted by Crippen LogP contribution is -2.45. The molecule has 34 heavy (non-hydrogen) atoms. The minimum Gasteiger partial charge on any atom is -0.494 e. The minimum atomic E-state index is -3.77. The molecule has 1 N–H and O–H groups in total. The number of nitrogens with one attached hydrogen (secondary N) is 1. The van der Waals surface area contributed by atoms with Crippen LogP contribution in [-0.2, 0) is 14.8 Å². The quantitative estimate of drug-likeness (QED) is 0.609. The summed E-state index contributed by atoms with van der Waals surface area (Å²) in [7, 11) is -3.77. The fourth-order valence-corrected chi connectivity index (χ4v) is 5.30. The van der Waals surface area contributed by atoms with Crippen molar-refractivity contribution in [2.24, 2.45) is 0 Å². The summed E-state index contributed by atoms with van der Waals surface area (Å²) in [5.41, 5.74) is 1.12. The lowest BCUT2D eigenvalue weighted by Gasteiger charge is -2.29. The zero-order chi connectivity index (χ0) is 24.7. The van der Waals surface area contributed by atoms with Crippen LogP contribution >= 0.6 is 0 Å². The third-order valence-corrected chi connectivity index (χ3v) is 7.04. The van der Waals surface area contributed by atoms with Crippen LogP contribution in [0.5, 0.6) is 5.75 Å². The third-order valence-electron chi connectivity index (χ3n) is 5.80. The Morgan fingerprint density at radius 1 is 1.03 bits per heavy atom. The fraction of sp³-hybridized carbons (Fsp3) is 0.440. The van der Waals surface area contributed by atoms with E-state index in [4.69, 9.17) is 4.74 Å². The van der Waals surface area contributed by atoms with Crippen LogP contribution in [0.3, 0.4) is 0 Å². The molecule has 0 bridgehead atoms. The van der Waals surface area contributed by atoms with Gasteiger partial charge in [0.1, 0.15) is 11.8 Å². The standard InChI is InChI=1S/C25H33N3O5S/c1-4-33-21-15-13-20(14-16-21)28(34(3,31)32)19(2)24(29)26-23-12-8-7-11-22(23)25(30)27-17-9-5-6-10-18-27/h7-8,11-16,19H,4-6,9-10,17-18H2,1-3H3,(H,26,29)/t19-/m0/s1. The molecule has 184 valence electrons. The number of rotatable bonds is 8. The first-order valence-corrected chi connectivity index (χ1v) is 13.5. The zero-order valence-electron chi connectivity index (χ0n) is 20.0. The highest BCUT2D eigenvalue weighted by Crippen LogP contribution is 2.26. The number of nitrogens with zero attached hydrogens (tertiary/aromatic N) is 2. The summed E-state index contributed by atoms with van der Waals surface area (Å²) in [6.45, 7) is 5.25. The summed E-state index contributed by atoms with van der Waals surface area (Å²) in [5.74, 6) is -0.0508. The van der Waals surface area contributed by atoms with E-state index in [1.54, 1.807) is 48.5 Å². The number of likely N-dealkylation sites (tertiary alicyclic amines) is 1. The van der Waals surface area contributed by atoms with E-state index in [9.17, 15) is 18.0 Å². The van der Waals surface area contributed by atoms with Crippen LogP contribution in [0.15, 0.2) is 48.5 Å². The Morgan fingerprint density at radius 2 is 1.65 bits per heavy atom. The SMILES string of the molecule is CCOc1ccc(N([C@@H](C)C(=O)Nc2ccccc2C(=O)N2CCCCCC2)S(C)(=O)=O)cc1. The van der Waals surface area contributed by atoms with E-state index in [0.29, 0.717) is 42.4 Å². The number of carbonyl (C=O) groups is 2. The maximum Gasteiger partial charge on any atom is 0.255 e. The van der Waals surface area contributed by atoms with Crippen molar-refractivity contribution >= 4 is 33.2 Å². The lowest BCUT2D eigenvalue weighted by atomic mass is 10.1. The van der Waals surface area contributed by atoms with Gasteiger partial charge in [0.2, 0.25) is 15.9 Å². The Labute approximate surface area is 201 Å². The highest BCUT2D eigenvalue weighted by Gasteiger charge is 2.30. The number of para-hydroxylation sites is 1. The highest BCUT2D eigenvalue weighted by molar-refractivity contribution is 7.92. The van der Waals surface area contributed by atoms with Crippen molar-refractivity contribution < 1.29 is 22.7 Å². The number of anilines is 2. The maximum atomic E-state index is 13.2. The van der Waals surface area contributed by atoms with Crippen LogP contribution in [0.1, 0.15) is 49.9 Å². The van der Waals surface area contributed by atoms with Crippen molar-refractivity contribution in [2.75, 3.05) is 35.6 Å². The predicted molar refractivity (Wildman–Crippen MR) is 134 cm³/mol. The normalized spacial score (nSPS) is 15.2. The van der Waals surface area contributed by atoms with Gasteiger partial charge in [-0.1, -0.05) is 25.0 Å². The number of carbonyl (C=O) groups excluding carboxylic acids is 2. The Morgan fingerprint density at radius 3 is 2.24 bits per heavy atom. The van der Waals surface area contributed by atoms with Gasteiger partial charge < -0.3 is 15.0 Å². The van der Waals surface area contributed by atoms with E-state index >= 15 is 0 Å². The zero-order valence-corrected chi connectivity index (χ0v) is 20.8. The summed E-state index contributed by atoms with van der Waals surface area (Å²) < 4.78 is 31.7. The smallest absolute Gasteiger partial charge is 0.255 e. The van der Waals surface area contributed by atoms with Crippen molar-refractivity contribution in [3.05, 3.63) is 54.1 Å². The number of sulfonamides is 1. The molecule has 2 aromatic rings. The topological polar surface area (TPSA) is 96.0 Å².